The van der Waals surface area contributed by atoms with Crippen molar-refractivity contribution in [1.29, 1.82) is 0 Å². The van der Waals surface area contributed by atoms with Crippen molar-refractivity contribution in [3.63, 3.8) is 0 Å². The summed E-state index contributed by atoms with van der Waals surface area (Å²) >= 11 is 0. The number of carboxylic acid groups (broad SMARTS) is 1. The topological polar surface area (TPSA) is 79.7 Å². The maximum absolute atomic E-state index is 11.2. The van der Waals surface area contributed by atoms with Crippen molar-refractivity contribution in [2.24, 2.45) is 0 Å². The number of ether oxygens (including phenoxy) is 1. The maximum atomic E-state index is 11.2. The minimum atomic E-state index is -0.944. The lowest BCUT2D eigenvalue weighted by Crippen LogP contribution is -2.29. The fourth-order valence-corrected chi connectivity index (χ4v) is 3.17. The molecule has 0 saturated carbocycles. The second-order valence-electron chi connectivity index (χ2n) is 7.15. The summed E-state index contributed by atoms with van der Waals surface area (Å²) in [4.78, 5) is 15.3. The number of aromatic carboxylic acids is 1. The van der Waals surface area contributed by atoms with E-state index in [1.807, 2.05) is 56.3 Å². The van der Waals surface area contributed by atoms with Gasteiger partial charge in [0.2, 0.25) is 0 Å². The number of aliphatic hydroxyl groups excluding tert-OH is 1. The molecule has 1 aromatic heterocycles. The van der Waals surface area contributed by atoms with Crippen molar-refractivity contribution >= 4 is 5.97 Å². The molecule has 150 valence electrons. The van der Waals surface area contributed by atoms with Crippen LogP contribution in [0.4, 0.5) is 0 Å². The summed E-state index contributed by atoms with van der Waals surface area (Å²) in [5, 5.41) is 19.6. The van der Waals surface area contributed by atoms with E-state index in [2.05, 4.69) is 4.98 Å². The van der Waals surface area contributed by atoms with Gasteiger partial charge in [0.15, 0.2) is 0 Å². The highest BCUT2D eigenvalue weighted by molar-refractivity contribution is 5.90. The molecule has 3 rings (SSSR count). The van der Waals surface area contributed by atoms with E-state index in [0.29, 0.717) is 12.2 Å². The maximum Gasteiger partial charge on any atom is 0.335 e. The van der Waals surface area contributed by atoms with Gasteiger partial charge in [-0.15, -0.1) is 0 Å². The lowest BCUT2D eigenvalue weighted by Gasteiger charge is -2.21. The standard InChI is InChI=1S/C24H25NO4/c1-16-5-7-20(24(27)28)14-22(16)19-8-10-21(11-9-19)29-17(2)23(26)12-6-18-4-3-13-25-15-18/h3-5,7-11,13-15,17,23,26H,6,12H2,1-2H3,(H,27,28). The molecule has 3 aromatic rings. The van der Waals surface area contributed by atoms with Crippen LogP contribution in [0.2, 0.25) is 0 Å². The van der Waals surface area contributed by atoms with Crippen molar-refractivity contribution in [2.75, 3.05) is 0 Å². The average molecular weight is 391 g/mol. The highest BCUT2D eigenvalue weighted by Gasteiger charge is 2.16. The Morgan fingerprint density at radius 2 is 1.90 bits per heavy atom. The zero-order valence-corrected chi connectivity index (χ0v) is 16.6. The molecule has 0 aliphatic carbocycles. The van der Waals surface area contributed by atoms with Gasteiger partial charge in [-0.2, -0.15) is 0 Å². The van der Waals surface area contributed by atoms with Gasteiger partial charge in [-0.1, -0.05) is 24.3 Å². The van der Waals surface area contributed by atoms with Crippen LogP contribution in [0.15, 0.2) is 67.0 Å². The number of carbonyl (C=O) groups is 1. The average Bonchev–Trinajstić information content (AvgIpc) is 2.73. The number of aryl methyl sites for hydroxylation is 2. The van der Waals surface area contributed by atoms with Crippen LogP contribution in [-0.2, 0) is 6.42 Å². The van der Waals surface area contributed by atoms with Gasteiger partial charge in [0.1, 0.15) is 11.9 Å². The minimum absolute atomic E-state index is 0.260. The van der Waals surface area contributed by atoms with Gasteiger partial charge >= 0.3 is 5.97 Å². The number of rotatable bonds is 8. The number of carboxylic acids is 1. The summed E-state index contributed by atoms with van der Waals surface area (Å²) in [7, 11) is 0. The largest absolute Gasteiger partial charge is 0.488 e. The fraction of sp³-hybridized carbons (Fsp3) is 0.250. The number of benzene rings is 2. The Morgan fingerprint density at radius 3 is 2.55 bits per heavy atom. The number of aliphatic hydroxyl groups is 1. The lowest BCUT2D eigenvalue weighted by atomic mass is 9.98. The predicted octanol–water partition coefficient (Wildman–Crippen LogP) is 4.52. The Labute approximate surface area is 170 Å². The molecule has 29 heavy (non-hydrogen) atoms. The molecule has 0 saturated heterocycles. The van der Waals surface area contributed by atoms with Crippen LogP contribution in [0.5, 0.6) is 5.75 Å². The number of aromatic nitrogens is 1. The second-order valence-corrected chi connectivity index (χ2v) is 7.15. The predicted molar refractivity (Wildman–Crippen MR) is 112 cm³/mol. The van der Waals surface area contributed by atoms with Crippen LogP contribution in [0.3, 0.4) is 0 Å². The Bertz CT molecular complexity index is 954. The van der Waals surface area contributed by atoms with Gasteiger partial charge in [-0.25, -0.2) is 4.79 Å². The Hall–Kier alpha value is -3.18. The monoisotopic (exact) mass is 391 g/mol. The molecule has 2 aromatic carbocycles. The SMILES string of the molecule is Cc1ccc(C(=O)O)cc1-c1ccc(OC(C)C(O)CCc2cccnc2)cc1. The highest BCUT2D eigenvalue weighted by atomic mass is 16.5. The smallest absolute Gasteiger partial charge is 0.335 e. The Morgan fingerprint density at radius 1 is 1.14 bits per heavy atom. The van der Waals surface area contributed by atoms with Crippen LogP contribution in [0.1, 0.15) is 34.8 Å². The van der Waals surface area contributed by atoms with Crippen molar-refractivity contribution in [3.8, 4) is 16.9 Å². The zero-order chi connectivity index (χ0) is 20.8. The third-order valence-corrected chi connectivity index (χ3v) is 4.97. The first-order valence-corrected chi connectivity index (χ1v) is 9.62. The molecule has 0 aliphatic heterocycles. The summed E-state index contributed by atoms with van der Waals surface area (Å²) in [5.41, 5.74) is 4.14. The molecule has 0 fully saturated rings. The normalized spacial score (nSPS) is 12.9. The van der Waals surface area contributed by atoms with Crippen molar-refractivity contribution in [1.82, 2.24) is 4.98 Å². The van der Waals surface area contributed by atoms with Crippen molar-refractivity contribution < 1.29 is 19.7 Å². The first kappa shape index (κ1) is 20.6. The zero-order valence-electron chi connectivity index (χ0n) is 16.6. The summed E-state index contributed by atoms with van der Waals surface area (Å²) in [6, 6.07) is 16.5. The van der Waals surface area contributed by atoms with Crippen LogP contribution in [0.25, 0.3) is 11.1 Å². The number of hydrogen-bond acceptors (Lipinski definition) is 4. The van der Waals surface area contributed by atoms with E-state index in [-0.39, 0.29) is 11.7 Å². The van der Waals surface area contributed by atoms with E-state index in [9.17, 15) is 15.0 Å². The van der Waals surface area contributed by atoms with Crippen LogP contribution >= 0.6 is 0 Å². The van der Waals surface area contributed by atoms with Gasteiger partial charge in [-0.05, 0) is 79.3 Å². The van der Waals surface area contributed by atoms with E-state index in [1.54, 1.807) is 24.5 Å². The molecule has 2 unspecified atom stereocenters. The summed E-state index contributed by atoms with van der Waals surface area (Å²) in [6.07, 6.45) is 3.92. The highest BCUT2D eigenvalue weighted by Crippen LogP contribution is 2.27. The van der Waals surface area contributed by atoms with Gasteiger partial charge < -0.3 is 14.9 Å². The van der Waals surface area contributed by atoms with Gasteiger partial charge in [0.25, 0.3) is 0 Å². The molecule has 1 heterocycles. The summed E-state index contributed by atoms with van der Waals surface area (Å²) < 4.78 is 5.89. The van der Waals surface area contributed by atoms with E-state index in [0.717, 1.165) is 28.7 Å². The van der Waals surface area contributed by atoms with E-state index < -0.39 is 12.1 Å². The number of nitrogens with zero attached hydrogens (tertiary/aromatic N) is 1. The lowest BCUT2D eigenvalue weighted by molar-refractivity contribution is 0.0420. The van der Waals surface area contributed by atoms with Gasteiger partial charge in [0.05, 0.1) is 11.7 Å². The third kappa shape index (κ3) is 5.42. The molecule has 0 radical (unpaired) electrons. The molecule has 0 amide bonds. The van der Waals surface area contributed by atoms with Gasteiger partial charge in [-0.3, -0.25) is 4.98 Å². The second kappa shape index (κ2) is 9.34. The molecule has 0 bridgehead atoms. The minimum Gasteiger partial charge on any atom is -0.488 e. The van der Waals surface area contributed by atoms with E-state index >= 15 is 0 Å². The Kier molecular flexibility index (Phi) is 6.62. The molecule has 0 aliphatic rings. The van der Waals surface area contributed by atoms with Crippen LogP contribution < -0.4 is 4.74 Å². The molecule has 0 spiro atoms. The fourth-order valence-electron chi connectivity index (χ4n) is 3.17. The first-order chi connectivity index (χ1) is 13.9. The van der Waals surface area contributed by atoms with Gasteiger partial charge in [0, 0.05) is 12.4 Å². The molecule has 5 nitrogen and oxygen atoms in total. The molecule has 5 heteroatoms. The van der Waals surface area contributed by atoms with Crippen LogP contribution in [0, 0.1) is 6.92 Å². The Balaban J connectivity index is 1.63. The molecule has 2 N–H and O–H groups in total. The van der Waals surface area contributed by atoms with Crippen LogP contribution in [-0.4, -0.2) is 33.4 Å². The van der Waals surface area contributed by atoms with Crippen molar-refractivity contribution in [2.45, 2.75) is 38.9 Å². The number of pyridine rings is 1. The summed E-state index contributed by atoms with van der Waals surface area (Å²) in [6.45, 7) is 3.80. The molecular weight excluding hydrogens is 366 g/mol. The quantitative estimate of drug-likeness (QED) is 0.590. The summed E-state index contributed by atoms with van der Waals surface area (Å²) in [5.74, 6) is -0.283. The molecule has 2 atom stereocenters. The third-order valence-electron chi connectivity index (χ3n) is 4.97. The van der Waals surface area contributed by atoms with Crippen molar-refractivity contribution in [3.05, 3.63) is 83.7 Å². The number of hydrogen-bond donors (Lipinski definition) is 2. The van der Waals surface area contributed by atoms with E-state index in [4.69, 9.17) is 4.74 Å². The molecular formula is C24H25NO4. The van der Waals surface area contributed by atoms with E-state index in [1.165, 1.54) is 0 Å². The first-order valence-electron chi connectivity index (χ1n) is 9.62.